The minimum absolute atomic E-state index is 0. The van der Waals surface area contributed by atoms with Crippen molar-refractivity contribution in [3.05, 3.63) is 30.5 Å². The predicted octanol–water partition coefficient (Wildman–Crippen LogP) is 1.83. The van der Waals surface area contributed by atoms with Crippen molar-refractivity contribution < 1.29 is 9.59 Å². The van der Waals surface area contributed by atoms with Gasteiger partial charge in [0.2, 0.25) is 11.8 Å². The second-order valence-electron chi connectivity index (χ2n) is 5.73. The van der Waals surface area contributed by atoms with Crippen molar-refractivity contribution in [2.75, 3.05) is 19.4 Å². The molecular formula is C16H23ClN4O2. The molecule has 0 aliphatic heterocycles. The average molecular weight is 339 g/mol. The van der Waals surface area contributed by atoms with E-state index in [1.807, 2.05) is 35.0 Å². The average Bonchev–Trinajstić information content (AvgIpc) is 2.80. The summed E-state index contributed by atoms with van der Waals surface area (Å²) in [5.41, 5.74) is 7.24. The highest BCUT2D eigenvalue weighted by atomic mass is 35.5. The second-order valence-corrected chi connectivity index (χ2v) is 5.73. The van der Waals surface area contributed by atoms with Crippen molar-refractivity contribution in [2.45, 2.75) is 25.9 Å². The van der Waals surface area contributed by atoms with Crippen molar-refractivity contribution in [3.63, 3.8) is 0 Å². The Kier molecular flexibility index (Phi) is 6.60. The van der Waals surface area contributed by atoms with E-state index in [9.17, 15) is 9.59 Å². The Bertz CT molecular complexity index is 694. The Labute approximate surface area is 142 Å². The summed E-state index contributed by atoms with van der Waals surface area (Å²) in [4.78, 5) is 25.2. The molecule has 0 saturated heterocycles. The highest BCUT2D eigenvalue weighted by Crippen LogP contribution is 2.21. The molecule has 1 atom stereocenters. The molecule has 1 aromatic carbocycles. The Morgan fingerprint density at radius 1 is 1.30 bits per heavy atom. The standard InChI is InChI=1S/C16H22N4O2.ClH/c1-11(17)8-15(21)18-13-5-4-12-6-7-20(14(12)9-13)10-16(22)19(2)3;/h4-7,9,11H,8,10,17H2,1-3H3,(H,18,21);1H. The van der Waals surface area contributed by atoms with Gasteiger partial charge in [-0.15, -0.1) is 12.4 Å². The van der Waals surface area contributed by atoms with Gasteiger partial charge in [0.1, 0.15) is 6.54 Å². The zero-order valence-electron chi connectivity index (χ0n) is 13.6. The maximum atomic E-state index is 11.9. The molecule has 23 heavy (non-hydrogen) atoms. The smallest absolute Gasteiger partial charge is 0.241 e. The van der Waals surface area contributed by atoms with Crippen LogP contribution in [0.15, 0.2) is 30.5 Å². The number of nitrogens with one attached hydrogen (secondary N) is 1. The van der Waals surface area contributed by atoms with Crippen LogP contribution in [-0.4, -0.2) is 41.4 Å². The van der Waals surface area contributed by atoms with Crippen LogP contribution >= 0.6 is 12.4 Å². The molecule has 0 fully saturated rings. The van der Waals surface area contributed by atoms with E-state index in [1.54, 1.807) is 25.9 Å². The van der Waals surface area contributed by atoms with Crippen LogP contribution < -0.4 is 11.1 Å². The molecule has 7 heteroatoms. The van der Waals surface area contributed by atoms with Crippen LogP contribution in [-0.2, 0) is 16.1 Å². The van der Waals surface area contributed by atoms with Crippen LogP contribution in [0.25, 0.3) is 10.9 Å². The van der Waals surface area contributed by atoms with Crippen molar-refractivity contribution in [2.24, 2.45) is 5.73 Å². The molecule has 1 unspecified atom stereocenters. The van der Waals surface area contributed by atoms with Crippen LogP contribution in [0.1, 0.15) is 13.3 Å². The lowest BCUT2D eigenvalue weighted by molar-refractivity contribution is -0.129. The summed E-state index contributed by atoms with van der Waals surface area (Å²) in [6, 6.07) is 7.42. The molecule has 0 spiro atoms. The number of carbonyl (C=O) groups excluding carboxylic acids is 2. The first-order valence-corrected chi connectivity index (χ1v) is 7.21. The molecule has 3 N–H and O–H groups in total. The van der Waals surface area contributed by atoms with Crippen LogP contribution in [0, 0.1) is 0 Å². The van der Waals surface area contributed by atoms with Crippen LogP contribution in [0.4, 0.5) is 5.69 Å². The molecule has 126 valence electrons. The number of hydrogen-bond acceptors (Lipinski definition) is 3. The lowest BCUT2D eigenvalue weighted by atomic mass is 10.2. The summed E-state index contributed by atoms with van der Waals surface area (Å²) < 4.78 is 1.87. The molecule has 0 aliphatic rings. The maximum absolute atomic E-state index is 11.9. The van der Waals surface area contributed by atoms with Crippen molar-refractivity contribution in [3.8, 4) is 0 Å². The predicted molar refractivity (Wildman–Crippen MR) is 94.8 cm³/mol. The SMILES string of the molecule is CC(N)CC(=O)Nc1ccc2ccn(CC(=O)N(C)C)c2c1.Cl. The molecule has 1 aromatic heterocycles. The van der Waals surface area contributed by atoms with E-state index >= 15 is 0 Å². The highest BCUT2D eigenvalue weighted by Gasteiger charge is 2.10. The van der Waals surface area contributed by atoms with Gasteiger partial charge in [-0.05, 0) is 30.5 Å². The number of carbonyl (C=O) groups is 2. The van der Waals surface area contributed by atoms with Crippen molar-refractivity contribution >= 4 is 40.8 Å². The summed E-state index contributed by atoms with van der Waals surface area (Å²) >= 11 is 0. The number of anilines is 1. The van der Waals surface area contributed by atoms with Gasteiger partial charge >= 0.3 is 0 Å². The van der Waals surface area contributed by atoms with Gasteiger partial charge in [0.15, 0.2) is 0 Å². The third-order valence-electron chi connectivity index (χ3n) is 3.37. The molecule has 2 rings (SSSR count). The summed E-state index contributed by atoms with van der Waals surface area (Å²) in [6.07, 6.45) is 2.15. The van der Waals surface area contributed by atoms with E-state index in [1.165, 1.54) is 0 Å². The molecule has 0 radical (unpaired) electrons. The minimum Gasteiger partial charge on any atom is -0.347 e. The summed E-state index contributed by atoms with van der Waals surface area (Å²) in [6.45, 7) is 2.06. The number of halogens is 1. The van der Waals surface area contributed by atoms with Gasteiger partial charge in [-0.25, -0.2) is 0 Å². The topological polar surface area (TPSA) is 80.4 Å². The number of benzene rings is 1. The van der Waals surface area contributed by atoms with Crippen LogP contribution in [0.2, 0.25) is 0 Å². The second kappa shape index (κ2) is 7.99. The number of nitrogens with zero attached hydrogens (tertiary/aromatic N) is 2. The van der Waals surface area contributed by atoms with Crippen LogP contribution in [0.5, 0.6) is 0 Å². The fourth-order valence-corrected chi connectivity index (χ4v) is 2.19. The third-order valence-corrected chi connectivity index (χ3v) is 3.37. The van der Waals surface area contributed by atoms with Crippen molar-refractivity contribution in [1.82, 2.24) is 9.47 Å². The Morgan fingerprint density at radius 3 is 2.61 bits per heavy atom. The van der Waals surface area contributed by atoms with Crippen LogP contribution in [0.3, 0.4) is 0 Å². The van der Waals surface area contributed by atoms with Gasteiger partial charge in [-0.3, -0.25) is 9.59 Å². The normalized spacial score (nSPS) is 11.7. The van der Waals surface area contributed by atoms with Crippen molar-refractivity contribution in [1.29, 1.82) is 0 Å². The van der Waals surface area contributed by atoms with E-state index in [4.69, 9.17) is 5.73 Å². The zero-order valence-corrected chi connectivity index (χ0v) is 14.4. The van der Waals surface area contributed by atoms with Gasteiger partial charge in [0.25, 0.3) is 0 Å². The van der Waals surface area contributed by atoms with Gasteiger partial charge in [0, 0.05) is 38.4 Å². The summed E-state index contributed by atoms with van der Waals surface area (Å²) in [7, 11) is 3.46. The lowest BCUT2D eigenvalue weighted by Gasteiger charge is -2.12. The summed E-state index contributed by atoms with van der Waals surface area (Å²) in [5.74, 6) is -0.0966. The molecular weight excluding hydrogens is 316 g/mol. The van der Waals surface area contributed by atoms with Gasteiger partial charge in [-0.1, -0.05) is 6.07 Å². The van der Waals surface area contributed by atoms with Gasteiger partial charge < -0.3 is 20.5 Å². The molecule has 2 amide bonds. The number of hydrogen-bond donors (Lipinski definition) is 2. The number of nitrogens with two attached hydrogens (primary N) is 1. The molecule has 1 heterocycles. The third kappa shape index (κ3) is 4.97. The molecule has 6 nitrogen and oxygen atoms in total. The van der Waals surface area contributed by atoms with E-state index in [0.717, 1.165) is 10.9 Å². The highest BCUT2D eigenvalue weighted by molar-refractivity contribution is 5.94. The largest absolute Gasteiger partial charge is 0.347 e. The monoisotopic (exact) mass is 338 g/mol. The quantitative estimate of drug-likeness (QED) is 0.872. The van der Waals surface area contributed by atoms with Gasteiger partial charge in [-0.2, -0.15) is 0 Å². The Hall–Kier alpha value is -2.05. The number of aromatic nitrogens is 1. The zero-order chi connectivity index (χ0) is 16.3. The summed E-state index contributed by atoms with van der Waals surface area (Å²) in [5, 5.41) is 3.86. The molecule has 0 bridgehead atoms. The number of amides is 2. The van der Waals surface area contributed by atoms with Gasteiger partial charge in [0.05, 0.1) is 5.52 Å². The number of rotatable bonds is 5. The lowest BCUT2D eigenvalue weighted by Crippen LogP contribution is -2.26. The molecule has 0 saturated carbocycles. The Morgan fingerprint density at radius 2 is 2.00 bits per heavy atom. The van der Waals surface area contributed by atoms with E-state index < -0.39 is 0 Å². The minimum atomic E-state index is -0.176. The fourth-order valence-electron chi connectivity index (χ4n) is 2.19. The van der Waals surface area contributed by atoms with E-state index in [2.05, 4.69) is 5.32 Å². The fraction of sp³-hybridized carbons (Fsp3) is 0.375. The first kappa shape index (κ1) is 19.0. The molecule has 2 aromatic rings. The molecule has 0 aliphatic carbocycles. The van der Waals surface area contributed by atoms with E-state index in [-0.39, 0.29) is 43.2 Å². The maximum Gasteiger partial charge on any atom is 0.241 e. The van der Waals surface area contributed by atoms with E-state index in [0.29, 0.717) is 5.69 Å². The number of likely N-dealkylation sites (N-methyl/N-ethyl adjacent to an activating group) is 1. The first-order chi connectivity index (χ1) is 10.4. The first-order valence-electron chi connectivity index (χ1n) is 7.21. The number of fused-ring (bicyclic) bond motifs is 1. The Balaban J connectivity index is 0.00000264.